The maximum absolute atomic E-state index is 13.8. The zero-order chi connectivity index (χ0) is 19.0. The van der Waals surface area contributed by atoms with Crippen LogP contribution in [0, 0.1) is 23.3 Å². The Bertz CT molecular complexity index is 1050. The summed E-state index contributed by atoms with van der Waals surface area (Å²) in [4.78, 5) is 0. The number of benzene rings is 3. The standard InChI is InChI=1S/C22H13F4N/c23-17-8-6-14(12-19(17)25)21-10-11-22(15-7-9-18(24)20(26)13-15)27(21)16-4-2-1-3-5-16/h1-13H. The Hall–Kier alpha value is -3.34. The summed E-state index contributed by atoms with van der Waals surface area (Å²) in [6.07, 6.45) is 0. The van der Waals surface area contributed by atoms with Gasteiger partial charge in [0.2, 0.25) is 0 Å². The van der Waals surface area contributed by atoms with E-state index >= 15 is 0 Å². The molecule has 0 bridgehead atoms. The van der Waals surface area contributed by atoms with Gasteiger partial charge in [-0.25, -0.2) is 17.6 Å². The van der Waals surface area contributed by atoms with E-state index in [9.17, 15) is 17.6 Å². The first-order valence-corrected chi connectivity index (χ1v) is 8.22. The van der Waals surface area contributed by atoms with Crippen LogP contribution >= 0.6 is 0 Å². The second-order valence-corrected chi connectivity index (χ2v) is 6.03. The van der Waals surface area contributed by atoms with E-state index in [0.29, 0.717) is 22.5 Å². The molecule has 134 valence electrons. The third kappa shape index (κ3) is 3.12. The molecule has 0 aliphatic heterocycles. The summed E-state index contributed by atoms with van der Waals surface area (Å²) in [6.45, 7) is 0. The van der Waals surface area contributed by atoms with E-state index in [2.05, 4.69) is 0 Å². The molecule has 0 N–H and O–H groups in total. The van der Waals surface area contributed by atoms with Crippen molar-refractivity contribution >= 4 is 0 Å². The van der Waals surface area contributed by atoms with E-state index < -0.39 is 23.3 Å². The van der Waals surface area contributed by atoms with Gasteiger partial charge in [0, 0.05) is 16.8 Å². The molecule has 27 heavy (non-hydrogen) atoms. The fourth-order valence-electron chi connectivity index (χ4n) is 3.05. The van der Waals surface area contributed by atoms with Gasteiger partial charge in [0.05, 0.1) is 11.4 Å². The molecule has 0 radical (unpaired) electrons. The van der Waals surface area contributed by atoms with Gasteiger partial charge in [-0.15, -0.1) is 0 Å². The number of hydrogen-bond acceptors (Lipinski definition) is 0. The molecule has 0 aliphatic rings. The molecule has 0 fully saturated rings. The van der Waals surface area contributed by atoms with Gasteiger partial charge in [-0.05, 0) is 60.7 Å². The van der Waals surface area contributed by atoms with Crippen molar-refractivity contribution in [3.05, 3.63) is 102 Å². The largest absolute Gasteiger partial charge is 0.309 e. The molecular weight excluding hydrogens is 354 g/mol. The van der Waals surface area contributed by atoms with Crippen LogP contribution in [0.1, 0.15) is 0 Å². The van der Waals surface area contributed by atoms with Crippen molar-refractivity contribution in [3.63, 3.8) is 0 Å². The Morgan fingerprint density at radius 2 is 0.963 bits per heavy atom. The maximum atomic E-state index is 13.8. The molecule has 0 unspecified atom stereocenters. The Morgan fingerprint density at radius 1 is 0.481 bits per heavy atom. The minimum atomic E-state index is -0.956. The van der Waals surface area contributed by atoms with E-state index in [1.165, 1.54) is 12.1 Å². The highest BCUT2D eigenvalue weighted by Gasteiger charge is 2.16. The third-order valence-electron chi connectivity index (χ3n) is 4.33. The predicted molar refractivity (Wildman–Crippen MR) is 96.5 cm³/mol. The highest BCUT2D eigenvalue weighted by atomic mass is 19.2. The van der Waals surface area contributed by atoms with Gasteiger partial charge in [0.15, 0.2) is 23.3 Å². The molecule has 0 atom stereocenters. The molecule has 1 heterocycles. The average Bonchev–Trinajstić information content (AvgIpc) is 3.12. The van der Waals surface area contributed by atoms with Gasteiger partial charge < -0.3 is 4.57 Å². The first-order valence-electron chi connectivity index (χ1n) is 8.22. The summed E-state index contributed by atoms with van der Waals surface area (Å²) < 4.78 is 56.0. The summed E-state index contributed by atoms with van der Waals surface area (Å²) in [6, 6.07) is 19.9. The zero-order valence-corrected chi connectivity index (χ0v) is 14.0. The number of para-hydroxylation sites is 1. The summed E-state index contributed by atoms with van der Waals surface area (Å²) in [5, 5.41) is 0. The van der Waals surface area contributed by atoms with Crippen molar-refractivity contribution in [2.24, 2.45) is 0 Å². The fraction of sp³-hybridized carbons (Fsp3) is 0. The second kappa shape index (κ2) is 6.76. The van der Waals surface area contributed by atoms with Gasteiger partial charge >= 0.3 is 0 Å². The lowest BCUT2D eigenvalue weighted by Crippen LogP contribution is -2.00. The normalized spacial score (nSPS) is 11.0. The van der Waals surface area contributed by atoms with Crippen molar-refractivity contribution in [1.29, 1.82) is 0 Å². The summed E-state index contributed by atoms with van der Waals surface area (Å²) in [7, 11) is 0. The SMILES string of the molecule is Fc1ccc(-c2ccc(-c3ccc(F)c(F)c3)n2-c2ccccc2)cc1F. The van der Waals surface area contributed by atoms with E-state index in [-0.39, 0.29) is 0 Å². The number of hydrogen-bond donors (Lipinski definition) is 0. The number of rotatable bonds is 3. The Labute approximate surface area is 153 Å². The minimum absolute atomic E-state index is 0.464. The molecule has 4 aromatic rings. The van der Waals surface area contributed by atoms with Crippen molar-refractivity contribution < 1.29 is 17.6 Å². The lowest BCUT2D eigenvalue weighted by molar-refractivity contribution is 0.509. The molecule has 0 spiro atoms. The Morgan fingerprint density at radius 3 is 1.41 bits per heavy atom. The van der Waals surface area contributed by atoms with Gasteiger partial charge in [0.25, 0.3) is 0 Å². The summed E-state index contributed by atoms with van der Waals surface area (Å²) in [5.74, 6) is -3.78. The van der Waals surface area contributed by atoms with Crippen molar-refractivity contribution in [1.82, 2.24) is 4.57 Å². The molecule has 5 heteroatoms. The van der Waals surface area contributed by atoms with Crippen LogP contribution in [0.25, 0.3) is 28.2 Å². The van der Waals surface area contributed by atoms with Crippen molar-refractivity contribution in [3.8, 4) is 28.2 Å². The van der Waals surface area contributed by atoms with Crippen LogP contribution in [-0.4, -0.2) is 4.57 Å². The second-order valence-electron chi connectivity index (χ2n) is 6.03. The van der Waals surface area contributed by atoms with Gasteiger partial charge in [0.1, 0.15) is 0 Å². The minimum Gasteiger partial charge on any atom is -0.309 e. The average molecular weight is 367 g/mol. The molecule has 0 saturated carbocycles. The van der Waals surface area contributed by atoms with E-state index in [0.717, 1.165) is 30.0 Å². The monoisotopic (exact) mass is 367 g/mol. The first-order chi connectivity index (χ1) is 13.0. The van der Waals surface area contributed by atoms with Crippen LogP contribution in [0.3, 0.4) is 0 Å². The molecule has 1 aromatic heterocycles. The Kier molecular flexibility index (Phi) is 4.28. The molecule has 1 nitrogen and oxygen atoms in total. The Balaban J connectivity index is 1.96. The van der Waals surface area contributed by atoms with Crippen molar-refractivity contribution in [2.75, 3.05) is 0 Å². The molecule has 4 rings (SSSR count). The van der Waals surface area contributed by atoms with Crippen LogP contribution < -0.4 is 0 Å². The van der Waals surface area contributed by atoms with E-state index in [1.54, 1.807) is 16.7 Å². The zero-order valence-electron chi connectivity index (χ0n) is 14.0. The molecule has 0 amide bonds. The fourth-order valence-corrected chi connectivity index (χ4v) is 3.05. The van der Waals surface area contributed by atoms with Crippen LogP contribution in [0.15, 0.2) is 78.9 Å². The van der Waals surface area contributed by atoms with E-state index in [4.69, 9.17) is 0 Å². The number of halogens is 4. The smallest absolute Gasteiger partial charge is 0.159 e. The van der Waals surface area contributed by atoms with Crippen LogP contribution in [0.5, 0.6) is 0 Å². The van der Waals surface area contributed by atoms with Gasteiger partial charge in [-0.3, -0.25) is 0 Å². The van der Waals surface area contributed by atoms with Gasteiger partial charge in [-0.1, -0.05) is 18.2 Å². The quantitative estimate of drug-likeness (QED) is 0.371. The molecular formula is C22H13F4N. The highest BCUT2D eigenvalue weighted by molar-refractivity contribution is 5.73. The van der Waals surface area contributed by atoms with Crippen LogP contribution in [-0.2, 0) is 0 Å². The molecule has 0 saturated heterocycles. The first kappa shape index (κ1) is 17.1. The third-order valence-corrected chi connectivity index (χ3v) is 4.33. The number of aromatic nitrogens is 1. The lowest BCUT2D eigenvalue weighted by Gasteiger charge is -2.14. The van der Waals surface area contributed by atoms with E-state index in [1.807, 2.05) is 30.3 Å². The van der Waals surface area contributed by atoms with Crippen LogP contribution in [0.2, 0.25) is 0 Å². The predicted octanol–water partition coefficient (Wildman–Crippen LogP) is 6.37. The summed E-state index contributed by atoms with van der Waals surface area (Å²) >= 11 is 0. The van der Waals surface area contributed by atoms with Crippen molar-refractivity contribution in [2.45, 2.75) is 0 Å². The topological polar surface area (TPSA) is 4.93 Å². The maximum Gasteiger partial charge on any atom is 0.159 e. The molecule has 0 aliphatic carbocycles. The van der Waals surface area contributed by atoms with Crippen LogP contribution in [0.4, 0.5) is 17.6 Å². The molecule has 3 aromatic carbocycles. The van der Waals surface area contributed by atoms with Gasteiger partial charge in [-0.2, -0.15) is 0 Å². The highest BCUT2D eigenvalue weighted by Crippen LogP contribution is 2.33. The lowest BCUT2D eigenvalue weighted by atomic mass is 10.1. The number of nitrogens with zero attached hydrogens (tertiary/aromatic N) is 1. The summed E-state index contributed by atoms with van der Waals surface area (Å²) in [5.41, 5.74) is 2.87.